The summed E-state index contributed by atoms with van der Waals surface area (Å²) in [5, 5.41) is 4.33. The van der Waals surface area contributed by atoms with Crippen molar-refractivity contribution < 1.29 is 9.53 Å². The number of hydrogen-bond donors (Lipinski definition) is 1. The Morgan fingerprint density at radius 1 is 1.29 bits per heavy atom. The highest BCUT2D eigenvalue weighted by Crippen LogP contribution is 2.32. The molecule has 0 aliphatic rings. The number of methoxy groups -OCH3 is 1. The van der Waals surface area contributed by atoms with Crippen LogP contribution in [0, 0.1) is 0 Å². The number of nitrogens with zero attached hydrogens (tertiary/aromatic N) is 1. The van der Waals surface area contributed by atoms with Gasteiger partial charge in [0.1, 0.15) is 0 Å². The van der Waals surface area contributed by atoms with Gasteiger partial charge in [-0.25, -0.2) is 9.78 Å². The number of carbonyl (C=O) groups excluding carboxylic acids is 1. The summed E-state index contributed by atoms with van der Waals surface area (Å²) in [5.41, 5.74) is 1.99. The van der Waals surface area contributed by atoms with Crippen LogP contribution in [0.5, 0.6) is 0 Å². The zero-order valence-corrected chi connectivity index (χ0v) is 12.7. The van der Waals surface area contributed by atoms with Crippen LogP contribution < -0.4 is 5.32 Å². The summed E-state index contributed by atoms with van der Waals surface area (Å²) in [6.45, 7) is 0. The number of nitrogens with one attached hydrogen (secondary N) is 1. The molecule has 4 nitrogen and oxygen atoms in total. The van der Waals surface area contributed by atoms with Crippen LogP contribution in [0.15, 0.2) is 42.5 Å². The van der Waals surface area contributed by atoms with Crippen LogP contribution >= 0.6 is 22.9 Å². The fraction of sp³-hybridized carbons (Fsp3) is 0.0667. The van der Waals surface area contributed by atoms with Gasteiger partial charge in [0.05, 0.1) is 27.9 Å². The van der Waals surface area contributed by atoms with Gasteiger partial charge in [-0.1, -0.05) is 41.1 Å². The van der Waals surface area contributed by atoms with Crippen LogP contribution in [0.4, 0.5) is 10.8 Å². The molecule has 0 aliphatic heterocycles. The highest BCUT2D eigenvalue weighted by Gasteiger charge is 2.14. The quantitative estimate of drug-likeness (QED) is 0.723. The van der Waals surface area contributed by atoms with E-state index in [1.807, 2.05) is 30.3 Å². The molecular formula is C15H11ClN2O2S. The lowest BCUT2D eigenvalue weighted by Crippen LogP contribution is -2.01. The molecule has 0 amide bonds. The summed E-state index contributed by atoms with van der Waals surface area (Å²) in [6.07, 6.45) is 0. The van der Waals surface area contributed by atoms with Crippen molar-refractivity contribution in [2.24, 2.45) is 0 Å². The topological polar surface area (TPSA) is 51.2 Å². The van der Waals surface area contributed by atoms with Gasteiger partial charge in [0.25, 0.3) is 0 Å². The molecule has 21 heavy (non-hydrogen) atoms. The lowest BCUT2D eigenvalue weighted by molar-refractivity contribution is 0.0601. The van der Waals surface area contributed by atoms with Gasteiger partial charge in [-0.3, -0.25) is 0 Å². The number of fused-ring (bicyclic) bond motifs is 1. The minimum Gasteiger partial charge on any atom is -0.465 e. The van der Waals surface area contributed by atoms with Gasteiger partial charge in [0.15, 0.2) is 5.13 Å². The first-order chi connectivity index (χ1) is 10.2. The van der Waals surface area contributed by atoms with E-state index in [1.54, 1.807) is 12.1 Å². The third kappa shape index (κ3) is 2.84. The first-order valence-electron chi connectivity index (χ1n) is 6.18. The molecule has 6 heteroatoms. The maximum absolute atomic E-state index is 11.6. The lowest BCUT2D eigenvalue weighted by atomic mass is 10.2. The molecule has 0 saturated carbocycles. The van der Waals surface area contributed by atoms with E-state index < -0.39 is 5.97 Å². The molecule has 0 saturated heterocycles. The number of para-hydroxylation sites is 1. The number of anilines is 2. The van der Waals surface area contributed by atoms with Crippen LogP contribution in [0.25, 0.3) is 10.2 Å². The number of aromatic nitrogens is 1. The average molecular weight is 319 g/mol. The molecule has 0 unspecified atom stereocenters. The largest absolute Gasteiger partial charge is 0.465 e. The molecule has 3 aromatic rings. The van der Waals surface area contributed by atoms with Gasteiger partial charge in [-0.05, 0) is 24.3 Å². The smallest absolute Gasteiger partial charge is 0.339 e. The molecular weight excluding hydrogens is 308 g/mol. The van der Waals surface area contributed by atoms with Crippen molar-refractivity contribution in [2.75, 3.05) is 12.4 Å². The molecule has 1 heterocycles. The number of hydrogen-bond acceptors (Lipinski definition) is 5. The number of rotatable bonds is 3. The van der Waals surface area contributed by atoms with Crippen LogP contribution in [-0.2, 0) is 4.74 Å². The molecule has 0 radical (unpaired) electrons. The maximum atomic E-state index is 11.6. The summed E-state index contributed by atoms with van der Waals surface area (Å²) < 4.78 is 5.61. The van der Waals surface area contributed by atoms with Gasteiger partial charge in [0.2, 0.25) is 0 Å². The van der Waals surface area contributed by atoms with Crippen molar-refractivity contribution in [3.8, 4) is 0 Å². The van der Waals surface area contributed by atoms with Crippen LogP contribution in [-0.4, -0.2) is 18.1 Å². The van der Waals surface area contributed by atoms with E-state index in [0.717, 1.165) is 15.5 Å². The molecule has 0 fully saturated rings. The Morgan fingerprint density at radius 2 is 2.05 bits per heavy atom. The normalized spacial score (nSPS) is 10.6. The summed E-state index contributed by atoms with van der Waals surface area (Å²) in [6, 6.07) is 13.1. The van der Waals surface area contributed by atoms with Crippen molar-refractivity contribution in [1.82, 2.24) is 4.98 Å². The minimum atomic E-state index is -0.465. The Bertz CT molecular complexity index is 802. The van der Waals surface area contributed by atoms with E-state index in [1.165, 1.54) is 18.4 Å². The van der Waals surface area contributed by atoms with Crippen molar-refractivity contribution in [2.45, 2.75) is 0 Å². The predicted octanol–water partition coefficient (Wildman–Crippen LogP) is 4.48. The fourth-order valence-electron chi connectivity index (χ4n) is 1.91. The van der Waals surface area contributed by atoms with Crippen molar-refractivity contribution >= 4 is 49.9 Å². The molecule has 1 aromatic heterocycles. The van der Waals surface area contributed by atoms with Crippen molar-refractivity contribution in [3.63, 3.8) is 0 Å². The summed E-state index contributed by atoms with van der Waals surface area (Å²) in [7, 11) is 1.33. The number of benzene rings is 2. The number of ether oxygens (including phenoxy) is 1. The number of carbonyl (C=O) groups is 1. The second-order valence-electron chi connectivity index (χ2n) is 4.30. The monoisotopic (exact) mass is 318 g/mol. The molecule has 3 rings (SSSR count). The zero-order chi connectivity index (χ0) is 14.8. The van der Waals surface area contributed by atoms with E-state index in [-0.39, 0.29) is 0 Å². The molecule has 0 bridgehead atoms. The second-order valence-corrected chi connectivity index (χ2v) is 5.74. The minimum absolute atomic E-state index is 0.322. The lowest BCUT2D eigenvalue weighted by Gasteiger charge is -2.01. The summed E-state index contributed by atoms with van der Waals surface area (Å²) in [4.78, 5) is 16.1. The van der Waals surface area contributed by atoms with Crippen LogP contribution in [0.2, 0.25) is 5.02 Å². The Kier molecular flexibility index (Phi) is 3.77. The maximum Gasteiger partial charge on any atom is 0.339 e. The van der Waals surface area contributed by atoms with Gasteiger partial charge < -0.3 is 10.1 Å². The van der Waals surface area contributed by atoms with E-state index >= 15 is 0 Å². The predicted molar refractivity (Wildman–Crippen MR) is 85.7 cm³/mol. The van der Waals surface area contributed by atoms with E-state index in [2.05, 4.69) is 10.3 Å². The Hall–Kier alpha value is -2.11. The van der Waals surface area contributed by atoms with Crippen LogP contribution in [0.1, 0.15) is 10.4 Å². The third-order valence-corrected chi connectivity index (χ3v) is 4.15. The highest BCUT2D eigenvalue weighted by molar-refractivity contribution is 7.22. The first kappa shape index (κ1) is 13.9. The van der Waals surface area contributed by atoms with E-state index in [9.17, 15) is 4.79 Å². The summed E-state index contributed by atoms with van der Waals surface area (Å²) >= 11 is 7.58. The van der Waals surface area contributed by atoms with Gasteiger partial charge >= 0.3 is 5.97 Å². The van der Waals surface area contributed by atoms with Gasteiger partial charge in [0, 0.05) is 5.69 Å². The second kappa shape index (κ2) is 5.71. The molecule has 0 spiro atoms. The fourth-order valence-corrected chi connectivity index (χ4v) is 3.13. The van der Waals surface area contributed by atoms with E-state index in [0.29, 0.717) is 16.1 Å². The standard InChI is InChI=1S/C15H11ClN2O2S/c1-20-14(19)10-7-12-13(8-11(10)16)21-15(18-12)17-9-5-3-2-4-6-9/h2-8H,1H3,(H,17,18). The first-order valence-corrected chi connectivity index (χ1v) is 7.37. The molecule has 0 atom stereocenters. The van der Waals surface area contributed by atoms with Crippen molar-refractivity contribution in [3.05, 3.63) is 53.1 Å². The Balaban J connectivity index is 1.98. The Labute approximate surface area is 130 Å². The molecule has 2 aromatic carbocycles. The zero-order valence-electron chi connectivity index (χ0n) is 11.1. The third-order valence-electron chi connectivity index (χ3n) is 2.91. The SMILES string of the molecule is COC(=O)c1cc2nc(Nc3ccccc3)sc2cc1Cl. The highest BCUT2D eigenvalue weighted by atomic mass is 35.5. The van der Waals surface area contributed by atoms with Gasteiger partial charge in [-0.2, -0.15) is 0 Å². The molecule has 1 N–H and O–H groups in total. The Morgan fingerprint density at radius 3 is 2.76 bits per heavy atom. The number of halogens is 1. The summed E-state index contributed by atoms with van der Waals surface area (Å²) in [5.74, 6) is -0.465. The van der Waals surface area contributed by atoms with Crippen LogP contribution in [0.3, 0.4) is 0 Å². The van der Waals surface area contributed by atoms with E-state index in [4.69, 9.17) is 16.3 Å². The molecule has 0 aliphatic carbocycles. The van der Waals surface area contributed by atoms with Crippen molar-refractivity contribution in [1.29, 1.82) is 0 Å². The average Bonchev–Trinajstić information content (AvgIpc) is 2.87. The van der Waals surface area contributed by atoms with Gasteiger partial charge in [-0.15, -0.1) is 0 Å². The number of esters is 1. The number of thiazole rings is 1. The molecule has 106 valence electrons.